The Bertz CT molecular complexity index is 573. The van der Waals surface area contributed by atoms with Gasteiger partial charge in [-0.05, 0) is 74.6 Å². The van der Waals surface area contributed by atoms with Gasteiger partial charge in [-0.15, -0.1) is 0 Å². The fourth-order valence-corrected chi connectivity index (χ4v) is 4.39. The molecule has 2 rings (SSSR count). The van der Waals surface area contributed by atoms with E-state index >= 15 is 0 Å². The molecule has 0 aromatic heterocycles. The van der Waals surface area contributed by atoms with Crippen LogP contribution in [0.15, 0.2) is 48.5 Å². The van der Waals surface area contributed by atoms with Crippen LogP contribution in [0.5, 0.6) is 0 Å². The van der Waals surface area contributed by atoms with Crippen LogP contribution in [0.1, 0.15) is 38.8 Å². The van der Waals surface area contributed by atoms with Crippen LogP contribution in [0.25, 0.3) is 0 Å². The molecule has 0 saturated heterocycles. The summed E-state index contributed by atoms with van der Waals surface area (Å²) in [7, 11) is 2.90. The van der Waals surface area contributed by atoms with Crippen molar-refractivity contribution in [1.29, 1.82) is 0 Å². The zero-order chi connectivity index (χ0) is 20.8. The predicted octanol–water partition coefficient (Wildman–Crippen LogP) is 6.45. The maximum atomic E-state index is 4.87. The zero-order valence-corrected chi connectivity index (χ0v) is 22.0. The van der Waals surface area contributed by atoms with E-state index < -0.39 is 0 Å². The van der Waals surface area contributed by atoms with Crippen LogP contribution in [0.3, 0.4) is 0 Å². The summed E-state index contributed by atoms with van der Waals surface area (Å²) < 4.78 is 0. The molecule has 0 atom stereocenters. The van der Waals surface area contributed by atoms with Crippen LogP contribution in [-0.2, 0) is 51.3 Å². The van der Waals surface area contributed by atoms with Gasteiger partial charge in [-0.25, -0.2) is 0 Å². The van der Waals surface area contributed by atoms with E-state index in [9.17, 15) is 0 Å². The first-order valence-corrected chi connectivity index (χ1v) is 13.6. The number of benzene rings is 2. The van der Waals surface area contributed by atoms with Gasteiger partial charge in [-0.1, -0.05) is 24.3 Å². The van der Waals surface area contributed by atoms with Gasteiger partial charge in [0.1, 0.15) is 0 Å². The summed E-state index contributed by atoms with van der Waals surface area (Å²) in [4.78, 5) is 4.68. The molecule has 0 heterocycles. The van der Waals surface area contributed by atoms with Crippen LogP contribution in [0.4, 0.5) is 11.4 Å². The van der Waals surface area contributed by atoms with Gasteiger partial charge in [-0.2, -0.15) is 0 Å². The van der Waals surface area contributed by atoms with E-state index in [2.05, 4.69) is 86.0 Å². The average molecular weight is 511 g/mol. The van der Waals surface area contributed by atoms with Gasteiger partial charge in [0.25, 0.3) is 0 Å². The van der Waals surface area contributed by atoms with E-state index in [4.69, 9.17) is 23.3 Å². The fraction of sp³-hybridized carbons (Fsp3) is 0.455. The molecular formula is C22H32N2NiS4. The molecule has 0 aliphatic heterocycles. The first kappa shape index (κ1) is 28.9. The number of hydrogen-bond donors (Lipinski definition) is 0. The molecule has 2 aromatic carbocycles. The topological polar surface area (TPSA) is 6.48 Å². The first-order valence-electron chi connectivity index (χ1n) is 9.80. The predicted molar refractivity (Wildman–Crippen MR) is 137 cm³/mol. The Hall–Kier alpha value is -0.0665. The molecule has 0 amide bonds. The minimum Gasteiger partial charge on any atom is -0.719 e. The summed E-state index contributed by atoms with van der Waals surface area (Å²) in [6.07, 6.45) is 0. The Morgan fingerprint density at radius 2 is 0.862 bits per heavy atom. The van der Waals surface area contributed by atoms with E-state index in [1.807, 2.05) is 0 Å². The zero-order valence-electron chi connectivity index (χ0n) is 17.7. The van der Waals surface area contributed by atoms with Crippen molar-refractivity contribution in [2.24, 2.45) is 0 Å². The van der Waals surface area contributed by atoms with Gasteiger partial charge in [0, 0.05) is 37.6 Å². The quantitative estimate of drug-likeness (QED) is 0.204. The molecule has 7 heteroatoms. The van der Waals surface area contributed by atoms with Gasteiger partial charge < -0.3 is 54.7 Å². The molecule has 0 aliphatic rings. The SMILES string of the molecule is CCN(CC)c1ccc(CS[S-])cc1.CCN(CC)c1ccc(CS[S-])cc1.[Ni+2]. The van der Waals surface area contributed by atoms with Gasteiger partial charge in [0.15, 0.2) is 0 Å². The molecule has 0 N–H and O–H groups in total. The Balaban J connectivity index is 0.000000523. The van der Waals surface area contributed by atoms with E-state index in [-0.39, 0.29) is 16.5 Å². The van der Waals surface area contributed by atoms with Crippen molar-refractivity contribution in [3.05, 3.63) is 59.7 Å². The Morgan fingerprint density at radius 1 is 0.586 bits per heavy atom. The third kappa shape index (κ3) is 10.7. The van der Waals surface area contributed by atoms with Crippen LogP contribution in [-0.4, -0.2) is 26.2 Å². The largest absolute Gasteiger partial charge is 2.00 e. The van der Waals surface area contributed by atoms with Crippen LogP contribution in [0.2, 0.25) is 0 Å². The first-order chi connectivity index (χ1) is 13.6. The van der Waals surface area contributed by atoms with E-state index in [0.29, 0.717) is 0 Å². The Labute approximate surface area is 206 Å². The number of rotatable bonds is 10. The van der Waals surface area contributed by atoms with E-state index in [1.54, 1.807) is 0 Å². The van der Waals surface area contributed by atoms with Gasteiger partial charge in [-0.3, -0.25) is 0 Å². The van der Waals surface area contributed by atoms with Crippen LogP contribution < -0.4 is 9.80 Å². The molecule has 0 saturated carbocycles. The van der Waals surface area contributed by atoms with Crippen molar-refractivity contribution >= 4 is 56.3 Å². The average Bonchev–Trinajstić information content (AvgIpc) is 2.73. The third-order valence-electron chi connectivity index (χ3n) is 4.58. The molecular weight excluding hydrogens is 479 g/mol. The molecule has 0 fully saturated rings. The van der Waals surface area contributed by atoms with Gasteiger partial charge in [0.2, 0.25) is 0 Å². The molecule has 0 spiro atoms. The molecule has 0 unspecified atom stereocenters. The van der Waals surface area contributed by atoms with E-state index in [1.165, 1.54) is 44.1 Å². The van der Waals surface area contributed by atoms with Crippen molar-refractivity contribution in [2.45, 2.75) is 39.2 Å². The van der Waals surface area contributed by atoms with E-state index in [0.717, 1.165) is 37.7 Å². The molecule has 0 aliphatic carbocycles. The Kier molecular flexibility index (Phi) is 17.6. The second-order valence-corrected chi connectivity index (χ2v) is 8.66. The third-order valence-corrected chi connectivity index (χ3v) is 6.19. The minimum absolute atomic E-state index is 0. The normalized spacial score (nSPS) is 9.86. The second kappa shape index (κ2) is 17.6. The van der Waals surface area contributed by atoms with Gasteiger partial charge in [0.05, 0.1) is 0 Å². The standard InChI is InChI=1S/2C11H17NS2.Ni/c2*1-3-12(4-2)11-7-5-10(6-8-11)9-14-13;/h2*5-8,13H,3-4,9H2,1-2H3;/q;;+2/p-2. The summed E-state index contributed by atoms with van der Waals surface area (Å²) in [6.45, 7) is 13.0. The van der Waals surface area contributed by atoms with Crippen molar-refractivity contribution in [3.63, 3.8) is 0 Å². The number of anilines is 2. The smallest absolute Gasteiger partial charge is 0.719 e. The van der Waals surface area contributed by atoms with Crippen LogP contribution in [0, 0.1) is 0 Å². The van der Waals surface area contributed by atoms with Crippen molar-refractivity contribution in [2.75, 3.05) is 36.0 Å². The summed E-state index contributed by atoms with van der Waals surface area (Å²) in [5, 5.41) is 0. The maximum absolute atomic E-state index is 4.87. The molecule has 2 nitrogen and oxygen atoms in total. The van der Waals surface area contributed by atoms with Crippen molar-refractivity contribution in [3.8, 4) is 0 Å². The molecule has 0 bridgehead atoms. The monoisotopic (exact) mass is 510 g/mol. The molecule has 0 radical (unpaired) electrons. The molecule has 29 heavy (non-hydrogen) atoms. The summed E-state index contributed by atoms with van der Waals surface area (Å²) in [6, 6.07) is 17.3. The number of nitrogens with zero attached hydrogens (tertiary/aromatic N) is 2. The second-order valence-electron chi connectivity index (χ2n) is 6.20. The fourth-order valence-electron chi connectivity index (χ4n) is 2.92. The Morgan fingerprint density at radius 3 is 1.07 bits per heavy atom. The van der Waals surface area contributed by atoms with Crippen LogP contribution >= 0.6 is 21.6 Å². The van der Waals surface area contributed by atoms with Crippen molar-refractivity contribution in [1.82, 2.24) is 0 Å². The maximum Gasteiger partial charge on any atom is 2.00 e. The number of hydrogen-bond acceptors (Lipinski definition) is 6. The molecule has 164 valence electrons. The molecule has 2 aromatic rings. The summed E-state index contributed by atoms with van der Waals surface area (Å²) >= 11 is 9.74. The minimum atomic E-state index is 0. The van der Waals surface area contributed by atoms with Crippen molar-refractivity contribution < 1.29 is 16.5 Å². The van der Waals surface area contributed by atoms with Gasteiger partial charge >= 0.3 is 16.5 Å². The summed E-state index contributed by atoms with van der Waals surface area (Å²) in [5.74, 6) is 1.85. The summed E-state index contributed by atoms with van der Waals surface area (Å²) in [5.41, 5.74) is 5.21.